The third-order valence-corrected chi connectivity index (χ3v) is 3.38. The largest absolute Gasteiger partial charge is 0.443 e. The number of hydrogen-bond acceptors (Lipinski definition) is 4. The Bertz CT molecular complexity index is 464. The Morgan fingerprint density at radius 3 is 3.00 bits per heavy atom. The molecule has 0 aliphatic rings. The van der Waals surface area contributed by atoms with Crippen LogP contribution in [0.4, 0.5) is 0 Å². The molecule has 0 bridgehead atoms. The van der Waals surface area contributed by atoms with Crippen LogP contribution in [0.1, 0.15) is 19.5 Å². The lowest BCUT2D eigenvalue weighted by atomic mass is 10.3. The standard InChI is InChI=1S/C11H13ClN2OS/c1-7(2)13-5-8-6-15-11(14-8)10-9(12)3-4-16-10/h3-4,6-7,13H,5H2,1-2H3. The van der Waals surface area contributed by atoms with Crippen molar-refractivity contribution in [3.05, 3.63) is 28.4 Å². The molecule has 0 saturated carbocycles. The number of nitrogens with one attached hydrogen (secondary N) is 1. The van der Waals surface area contributed by atoms with Crippen molar-refractivity contribution in [2.45, 2.75) is 26.4 Å². The van der Waals surface area contributed by atoms with E-state index in [1.54, 1.807) is 6.26 Å². The molecule has 0 aromatic carbocycles. The maximum atomic E-state index is 6.01. The van der Waals surface area contributed by atoms with Gasteiger partial charge in [0.1, 0.15) is 11.1 Å². The van der Waals surface area contributed by atoms with Crippen molar-refractivity contribution >= 4 is 22.9 Å². The van der Waals surface area contributed by atoms with Crippen LogP contribution in [0.3, 0.4) is 0 Å². The van der Waals surface area contributed by atoms with Crippen molar-refractivity contribution in [1.82, 2.24) is 10.3 Å². The summed E-state index contributed by atoms with van der Waals surface area (Å²) in [4.78, 5) is 5.27. The molecule has 0 spiro atoms. The summed E-state index contributed by atoms with van der Waals surface area (Å²) < 4.78 is 5.40. The molecule has 0 amide bonds. The number of thiophene rings is 1. The van der Waals surface area contributed by atoms with E-state index in [0.29, 0.717) is 23.5 Å². The zero-order chi connectivity index (χ0) is 11.5. The molecule has 0 atom stereocenters. The van der Waals surface area contributed by atoms with Gasteiger partial charge in [-0.1, -0.05) is 25.4 Å². The molecular weight excluding hydrogens is 244 g/mol. The first-order valence-corrected chi connectivity index (χ1v) is 6.33. The fraction of sp³-hybridized carbons (Fsp3) is 0.364. The van der Waals surface area contributed by atoms with Crippen LogP contribution in [0.2, 0.25) is 5.02 Å². The number of rotatable bonds is 4. The van der Waals surface area contributed by atoms with Crippen molar-refractivity contribution in [2.24, 2.45) is 0 Å². The zero-order valence-electron chi connectivity index (χ0n) is 9.16. The Kier molecular flexibility index (Phi) is 3.63. The van der Waals surface area contributed by atoms with Gasteiger partial charge in [0.15, 0.2) is 0 Å². The topological polar surface area (TPSA) is 38.1 Å². The van der Waals surface area contributed by atoms with Gasteiger partial charge in [-0.25, -0.2) is 4.98 Å². The predicted octanol–water partition coefficient (Wildman–Crippen LogP) is 3.55. The van der Waals surface area contributed by atoms with E-state index in [1.165, 1.54) is 11.3 Å². The SMILES string of the molecule is CC(C)NCc1coc(-c2sccc2Cl)n1. The summed E-state index contributed by atoms with van der Waals surface area (Å²) in [6, 6.07) is 2.28. The molecule has 2 aromatic rings. The molecule has 0 saturated heterocycles. The summed E-state index contributed by atoms with van der Waals surface area (Å²) in [5.74, 6) is 0.598. The first-order valence-electron chi connectivity index (χ1n) is 5.08. The summed E-state index contributed by atoms with van der Waals surface area (Å²) in [5, 5.41) is 5.90. The monoisotopic (exact) mass is 256 g/mol. The lowest BCUT2D eigenvalue weighted by Crippen LogP contribution is -2.21. The van der Waals surface area contributed by atoms with Crippen LogP contribution in [0.25, 0.3) is 10.8 Å². The summed E-state index contributed by atoms with van der Waals surface area (Å²) >= 11 is 7.54. The Morgan fingerprint density at radius 2 is 2.38 bits per heavy atom. The van der Waals surface area contributed by atoms with Crippen LogP contribution in [0.5, 0.6) is 0 Å². The van der Waals surface area contributed by atoms with Gasteiger partial charge in [-0.3, -0.25) is 0 Å². The average Bonchev–Trinajstić information content (AvgIpc) is 2.83. The van der Waals surface area contributed by atoms with Crippen LogP contribution in [0, 0.1) is 0 Å². The molecule has 0 fully saturated rings. The number of oxazole rings is 1. The third kappa shape index (κ3) is 2.64. The lowest BCUT2D eigenvalue weighted by molar-refractivity contribution is 0.561. The fourth-order valence-corrected chi connectivity index (χ4v) is 2.32. The van der Waals surface area contributed by atoms with Crippen LogP contribution in [-0.4, -0.2) is 11.0 Å². The molecule has 0 unspecified atom stereocenters. The van der Waals surface area contributed by atoms with Gasteiger partial charge in [0.25, 0.3) is 0 Å². The number of hydrogen-bond donors (Lipinski definition) is 1. The molecule has 0 radical (unpaired) electrons. The highest BCUT2D eigenvalue weighted by Gasteiger charge is 2.11. The minimum Gasteiger partial charge on any atom is -0.443 e. The molecule has 86 valence electrons. The van der Waals surface area contributed by atoms with E-state index in [1.807, 2.05) is 11.4 Å². The summed E-state index contributed by atoms with van der Waals surface area (Å²) in [7, 11) is 0. The van der Waals surface area contributed by atoms with E-state index in [0.717, 1.165) is 10.6 Å². The van der Waals surface area contributed by atoms with Gasteiger partial charge in [0.2, 0.25) is 5.89 Å². The minimum absolute atomic E-state index is 0.436. The second kappa shape index (κ2) is 4.99. The quantitative estimate of drug-likeness (QED) is 0.909. The average molecular weight is 257 g/mol. The van der Waals surface area contributed by atoms with Gasteiger partial charge < -0.3 is 9.73 Å². The normalized spacial score (nSPS) is 11.2. The van der Waals surface area contributed by atoms with Crippen LogP contribution in [-0.2, 0) is 6.54 Å². The van der Waals surface area contributed by atoms with Gasteiger partial charge in [0.05, 0.1) is 10.7 Å². The number of halogens is 1. The minimum atomic E-state index is 0.436. The smallest absolute Gasteiger partial charge is 0.238 e. The fourth-order valence-electron chi connectivity index (χ4n) is 1.25. The van der Waals surface area contributed by atoms with Crippen LogP contribution < -0.4 is 5.32 Å². The Hall–Kier alpha value is -0.840. The van der Waals surface area contributed by atoms with Crippen molar-refractivity contribution in [1.29, 1.82) is 0 Å². The van der Waals surface area contributed by atoms with Crippen LogP contribution >= 0.6 is 22.9 Å². The third-order valence-electron chi connectivity index (χ3n) is 2.05. The van der Waals surface area contributed by atoms with E-state index in [9.17, 15) is 0 Å². The molecule has 1 N–H and O–H groups in total. The molecule has 16 heavy (non-hydrogen) atoms. The van der Waals surface area contributed by atoms with Crippen molar-refractivity contribution in [3.63, 3.8) is 0 Å². The Morgan fingerprint density at radius 1 is 1.56 bits per heavy atom. The predicted molar refractivity (Wildman–Crippen MR) is 66.8 cm³/mol. The molecule has 0 aliphatic carbocycles. The summed E-state index contributed by atoms with van der Waals surface area (Å²) in [5.41, 5.74) is 0.896. The highest BCUT2D eigenvalue weighted by atomic mass is 35.5. The van der Waals surface area contributed by atoms with Crippen LogP contribution in [0.15, 0.2) is 22.1 Å². The van der Waals surface area contributed by atoms with Gasteiger partial charge in [-0.15, -0.1) is 11.3 Å². The maximum absolute atomic E-state index is 6.01. The highest BCUT2D eigenvalue weighted by Crippen LogP contribution is 2.32. The van der Waals surface area contributed by atoms with Gasteiger partial charge in [0, 0.05) is 12.6 Å². The summed E-state index contributed by atoms with van der Waals surface area (Å²) in [6.07, 6.45) is 1.67. The highest BCUT2D eigenvalue weighted by molar-refractivity contribution is 7.14. The van der Waals surface area contributed by atoms with E-state index in [-0.39, 0.29) is 0 Å². The van der Waals surface area contributed by atoms with E-state index in [4.69, 9.17) is 16.0 Å². The molecule has 2 heterocycles. The number of nitrogens with zero attached hydrogens (tertiary/aromatic N) is 1. The van der Waals surface area contributed by atoms with Crippen molar-refractivity contribution < 1.29 is 4.42 Å². The second-order valence-corrected chi connectivity index (χ2v) is 5.10. The molecule has 5 heteroatoms. The Labute approximate surface area is 103 Å². The first kappa shape index (κ1) is 11.6. The maximum Gasteiger partial charge on any atom is 0.238 e. The van der Waals surface area contributed by atoms with E-state index in [2.05, 4.69) is 24.1 Å². The molecule has 0 aliphatic heterocycles. The lowest BCUT2D eigenvalue weighted by Gasteiger charge is -2.03. The van der Waals surface area contributed by atoms with Gasteiger partial charge >= 0.3 is 0 Å². The first-order chi connectivity index (χ1) is 7.66. The zero-order valence-corrected chi connectivity index (χ0v) is 10.7. The molecule has 3 nitrogen and oxygen atoms in total. The Balaban J connectivity index is 2.11. The molecule has 2 aromatic heterocycles. The second-order valence-electron chi connectivity index (χ2n) is 3.78. The number of aromatic nitrogens is 1. The summed E-state index contributed by atoms with van der Waals surface area (Å²) in [6.45, 7) is 4.90. The molecule has 2 rings (SSSR count). The van der Waals surface area contributed by atoms with E-state index < -0.39 is 0 Å². The van der Waals surface area contributed by atoms with Gasteiger partial charge in [-0.05, 0) is 11.4 Å². The van der Waals surface area contributed by atoms with E-state index >= 15 is 0 Å². The van der Waals surface area contributed by atoms with Gasteiger partial charge in [-0.2, -0.15) is 0 Å². The van der Waals surface area contributed by atoms with Crippen molar-refractivity contribution in [2.75, 3.05) is 0 Å². The molecular formula is C11H13ClN2OS. The van der Waals surface area contributed by atoms with Crippen molar-refractivity contribution in [3.8, 4) is 10.8 Å².